The average Bonchev–Trinajstić information content (AvgIpc) is 2.70. The Hall–Kier alpha value is -2.30. The molecule has 0 aliphatic rings. The van der Waals surface area contributed by atoms with E-state index in [-0.39, 0.29) is 5.56 Å². The van der Waals surface area contributed by atoms with Gasteiger partial charge in [0.1, 0.15) is 5.52 Å². The summed E-state index contributed by atoms with van der Waals surface area (Å²) in [6, 6.07) is 7.44. The molecule has 92 valence electrons. The topological polar surface area (TPSA) is 51.3 Å². The van der Waals surface area contributed by atoms with Crippen LogP contribution in [0.2, 0.25) is 0 Å². The standard InChI is InChI=1S/C13H13N3O2/c1-8-14-11-9-6-4-5-7-10(9)12(17)16(15(2)3)13(11)18-8/h4-7H,1-3H3. The van der Waals surface area contributed by atoms with Gasteiger partial charge in [0.15, 0.2) is 5.89 Å². The number of hydrogen-bond donors (Lipinski definition) is 0. The molecule has 0 N–H and O–H groups in total. The molecule has 0 amide bonds. The summed E-state index contributed by atoms with van der Waals surface area (Å²) in [7, 11) is 3.60. The third-order valence-corrected chi connectivity index (χ3v) is 2.91. The number of aromatic nitrogens is 2. The molecule has 3 rings (SSSR count). The number of benzene rings is 1. The van der Waals surface area contributed by atoms with E-state index in [1.54, 1.807) is 32.1 Å². The number of nitrogens with zero attached hydrogens (tertiary/aromatic N) is 3. The largest absolute Gasteiger partial charge is 0.422 e. The van der Waals surface area contributed by atoms with Gasteiger partial charge >= 0.3 is 0 Å². The summed E-state index contributed by atoms with van der Waals surface area (Å²) >= 11 is 0. The summed E-state index contributed by atoms with van der Waals surface area (Å²) in [5.74, 6) is 0.552. The lowest BCUT2D eigenvalue weighted by molar-refractivity contribution is 0.522. The molecule has 0 saturated carbocycles. The van der Waals surface area contributed by atoms with Crippen LogP contribution in [-0.2, 0) is 0 Å². The Kier molecular flexibility index (Phi) is 2.16. The van der Waals surface area contributed by atoms with Gasteiger partial charge in [-0.3, -0.25) is 4.79 Å². The van der Waals surface area contributed by atoms with Gasteiger partial charge in [0.25, 0.3) is 5.56 Å². The van der Waals surface area contributed by atoms with Gasteiger partial charge in [-0.15, -0.1) is 0 Å². The van der Waals surface area contributed by atoms with Crippen LogP contribution in [0, 0.1) is 6.92 Å². The Morgan fingerprint density at radius 3 is 2.56 bits per heavy atom. The number of pyridine rings is 1. The van der Waals surface area contributed by atoms with E-state index in [1.165, 1.54) is 4.68 Å². The van der Waals surface area contributed by atoms with E-state index >= 15 is 0 Å². The van der Waals surface area contributed by atoms with Crippen LogP contribution in [0.15, 0.2) is 33.5 Å². The van der Waals surface area contributed by atoms with Crippen molar-refractivity contribution < 1.29 is 4.42 Å². The van der Waals surface area contributed by atoms with Crippen LogP contribution < -0.4 is 10.6 Å². The molecule has 2 heterocycles. The molecule has 0 radical (unpaired) electrons. The minimum atomic E-state index is -0.0979. The van der Waals surface area contributed by atoms with Crippen molar-refractivity contribution >= 4 is 22.0 Å². The second-order valence-corrected chi connectivity index (χ2v) is 4.40. The molecule has 0 aliphatic carbocycles. The first-order valence-electron chi connectivity index (χ1n) is 5.68. The molecular formula is C13H13N3O2. The highest BCUT2D eigenvalue weighted by Crippen LogP contribution is 2.22. The summed E-state index contributed by atoms with van der Waals surface area (Å²) in [6.07, 6.45) is 0. The third kappa shape index (κ3) is 1.33. The van der Waals surface area contributed by atoms with E-state index in [4.69, 9.17) is 4.42 Å². The molecule has 0 bridgehead atoms. The number of hydrogen-bond acceptors (Lipinski definition) is 4. The first-order chi connectivity index (χ1) is 8.59. The molecule has 0 atom stereocenters. The van der Waals surface area contributed by atoms with Gasteiger partial charge in [-0.2, -0.15) is 4.68 Å². The van der Waals surface area contributed by atoms with Crippen molar-refractivity contribution in [1.82, 2.24) is 9.66 Å². The van der Waals surface area contributed by atoms with Crippen LogP contribution in [0.25, 0.3) is 22.0 Å². The molecule has 2 aromatic heterocycles. The number of oxazole rings is 1. The van der Waals surface area contributed by atoms with Crippen molar-refractivity contribution in [3.8, 4) is 0 Å². The molecule has 1 aromatic carbocycles. The highest BCUT2D eigenvalue weighted by atomic mass is 16.4. The third-order valence-electron chi connectivity index (χ3n) is 2.91. The fourth-order valence-corrected chi connectivity index (χ4v) is 2.18. The molecule has 0 spiro atoms. The maximum Gasteiger partial charge on any atom is 0.280 e. The quantitative estimate of drug-likeness (QED) is 0.652. The molecule has 0 aliphatic heterocycles. The predicted molar refractivity (Wildman–Crippen MR) is 70.6 cm³/mol. The van der Waals surface area contributed by atoms with Gasteiger partial charge in [0.2, 0.25) is 5.71 Å². The van der Waals surface area contributed by atoms with Gasteiger partial charge < -0.3 is 9.43 Å². The fraction of sp³-hybridized carbons (Fsp3) is 0.231. The number of rotatable bonds is 1. The monoisotopic (exact) mass is 243 g/mol. The van der Waals surface area contributed by atoms with Gasteiger partial charge in [0.05, 0.1) is 5.39 Å². The molecule has 18 heavy (non-hydrogen) atoms. The Bertz CT molecular complexity index is 799. The first kappa shape index (κ1) is 10.8. The molecule has 0 unspecified atom stereocenters. The second-order valence-electron chi connectivity index (χ2n) is 4.40. The maximum absolute atomic E-state index is 12.4. The zero-order valence-corrected chi connectivity index (χ0v) is 10.5. The lowest BCUT2D eigenvalue weighted by atomic mass is 10.1. The van der Waals surface area contributed by atoms with Crippen molar-refractivity contribution in [2.45, 2.75) is 6.92 Å². The van der Waals surface area contributed by atoms with Crippen LogP contribution in [0.5, 0.6) is 0 Å². The zero-order chi connectivity index (χ0) is 12.9. The van der Waals surface area contributed by atoms with Crippen LogP contribution in [0.4, 0.5) is 0 Å². The molecule has 0 saturated heterocycles. The minimum absolute atomic E-state index is 0.0979. The maximum atomic E-state index is 12.4. The summed E-state index contributed by atoms with van der Waals surface area (Å²) in [4.78, 5) is 16.8. The number of fused-ring (bicyclic) bond motifs is 3. The summed E-state index contributed by atoms with van der Waals surface area (Å²) in [5.41, 5.74) is 1.11. The molecular weight excluding hydrogens is 230 g/mol. The molecule has 3 aromatic rings. The predicted octanol–water partition coefficient (Wildman–Crippen LogP) is 1.65. The summed E-state index contributed by atoms with van der Waals surface area (Å²) in [6.45, 7) is 1.78. The van der Waals surface area contributed by atoms with E-state index in [2.05, 4.69) is 4.98 Å². The summed E-state index contributed by atoms with van der Waals surface area (Å²) < 4.78 is 7.06. The highest BCUT2D eigenvalue weighted by Gasteiger charge is 2.16. The lowest BCUT2D eigenvalue weighted by Crippen LogP contribution is -2.36. The van der Waals surface area contributed by atoms with Crippen molar-refractivity contribution in [1.29, 1.82) is 0 Å². The SMILES string of the molecule is Cc1nc2c3ccccc3c(=O)n(N(C)C)c2o1. The van der Waals surface area contributed by atoms with Gasteiger partial charge in [-0.05, 0) is 6.07 Å². The highest BCUT2D eigenvalue weighted by molar-refractivity contribution is 6.01. The zero-order valence-electron chi connectivity index (χ0n) is 10.5. The van der Waals surface area contributed by atoms with E-state index < -0.39 is 0 Å². The lowest BCUT2D eigenvalue weighted by Gasteiger charge is -2.16. The first-order valence-corrected chi connectivity index (χ1v) is 5.68. The van der Waals surface area contributed by atoms with E-state index in [9.17, 15) is 4.79 Å². The normalized spacial score (nSPS) is 11.3. The Labute approximate surface area is 103 Å². The van der Waals surface area contributed by atoms with Gasteiger partial charge in [0, 0.05) is 26.4 Å². The van der Waals surface area contributed by atoms with E-state index in [1.807, 2.05) is 18.2 Å². The molecule has 5 nitrogen and oxygen atoms in total. The van der Waals surface area contributed by atoms with Crippen molar-refractivity contribution in [3.05, 3.63) is 40.5 Å². The van der Waals surface area contributed by atoms with Gasteiger partial charge in [-0.1, -0.05) is 18.2 Å². The van der Waals surface area contributed by atoms with Crippen LogP contribution in [-0.4, -0.2) is 23.8 Å². The van der Waals surface area contributed by atoms with Crippen molar-refractivity contribution in [2.24, 2.45) is 0 Å². The van der Waals surface area contributed by atoms with Crippen molar-refractivity contribution in [2.75, 3.05) is 19.1 Å². The van der Waals surface area contributed by atoms with E-state index in [0.717, 1.165) is 10.9 Å². The van der Waals surface area contributed by atoms with Gasteiger partial charge in [-0.25, -0.2) is 4.98 Å². The smallest absolute Gasteiger partial charge is 0.280 e. The molecule has 0 fully saturated rings. The van der Waals surface area contributed by atoms with E-state index in [0.29, 0.717) is 17.0 Å². The molecule has 5 heteroatoms. The van der Waals surface area contributed by atoms with Crippen LogP contribution >= 0.6 is 0 Å². The van der Waals surface area contributed by atoms with Crippen molar-refractivity contribution in [3.63, 3.8) is 0 Å². The minimum Gasteiger partial charge on any atom is -0.422 e. The second kappa shape index (κ2) is 3.60. The Balaban J connectivity index is 2.66. The average molecular weight is 243 g/mol. The van der Waals surface area contributed by atoms with Crippen LogP contribution in [0.3, 0.4) is 0 Å². The Morgan fingerprint density at radius 2 is 1.89 bits per heavy atom. The number of aryl methyl sites for hydroxylation is 1. The fourth-order valence-electron chi connectivity index (χ4n) is 2.18. The Morgan fingerprint density at radius 1 is 1.22 bits per heavy atom. The van der Waals surface area contributed by atoms with Crippen LogP contribution in [0.1, 0.15) is 5.89 Å². The summed E-state index contributed by atoms with van der Waals surface area (Å²) in [5, 5.41) is 3.17.